The average Bonchev–Trinajstić information content (AvgIpc) is 2.01. The standard InChI is InChI=1S/C9H19NO2.ClH/c1-3-5-6-8(10)7-9(11)12-4-2;/h8H,3-7,10H2,1-2H3;1H. The Labute approximate surface area is 86.4 Å². The maximum atomic E-state index is 10.9. The molecule has 2 N–H and O–H groups in total. The number of rotatable bonds is 6. The van der Waals surface area contributed by atoms with E-state index in [1.807, 2.05) is 0 Å². The summed E-state index contributed by atoms with van der Waals surface area (Å²) in [4.78, 5) is 10.9. The van der Waals surface area contributed by atoms with Gasteiger partial charge in [-0.15, -0.1) is 12.4 Å². The summed E-state index contributed by atoms with van der Waals surface area (Å²) < 4.78 is 4.77. The highest BCUT2D eigenvalue weighted by molar-refractivity contribution is 5.85. The monoisotopic (exact) mass is 209 g/mol. The Bertz CT molecular complexity index is 131. The third-order valence-electron chi connectivity index (χ3n) is 1.66. The number of carbonyl (C=O) groups excluding carboxylic acids is 1. The van der Waals surface area contributed by atoms with E-state index in [0.29, 0.717) is 13.0 Å². The summed E-state index contributed by atoms with van der Waals surface area (Å²) in [5.74, 6) is -0.180. The fraction of sp³-hybridized carbons (Fsp3) is 0.889. The van der Waals surface area contributed by atoms with E-state index in [2.05, 4.69) is 6.92 Å². The second-order valence-corrected chi connectivity index (χ2v) is 2.91. The number of halogens is 1. The molecule has 3 nitrogen and oxygen atoms in total. The van der Waals surface area contributed by atoms with Crippen LogP contribution in [-0.4, -0.2) is 18.6 Å². The van der Waals surface area contributed by atoms with Crippen LogP contribution in [0.15, 0.2) is 0 Å². The lowest BCUT2D eigenvalue weighted by molar-refractivity contribution is -0.143. The van der Waals surface area contributed by atoms with Gasteiger partial charge in [-0.25, -0.2) is 0 Å². The molecule has 0 saturated carbocycles. The molecule has 0 aliphatic rings. The molecule has 0 amide bonds. The van der Waals surface area contributed by atoms with E-state index in [1.165, 1.54) is 0 Å². The van der Waals surface area contributed by atoms with E-state index < -0.39 is 0 Å². The molecular formula is C9H20ClNO2. The zero-order valence-electron chi connectivity index (χ0n) is 8.41. The molecule has 0 aliphatic heterocycles. The fourth-order valence-corrected chi connectivity index (χ4v) is 1.00. The predicted octanol–water partition coefficient (Wildman–Crippen LogP) is 1.88. The minimum Gasteiger partial charge on any atom is -0.466 e. The zero-order valence-corrected chi connectivity index (χ0v) is 9.23. The van der Waals surface area contributed by atoms with Gasteiger partial charge in [-0.3, -0.25) is 4.79 Å². The average molecular weight is 210 g/mol. The SMILES string of the molecule is CCCCC(N)CC(=O)OCC.Cl. The summed E-state index contributed by atoms with van der Waals surface area (Å²) in [7, 11) is 0. The maximum Gasteiger partial charge on any atom is 0.307 e. The molecule has 1 unspecified atom stereocenters. The van der Waals surface area contributed by atoms with E-state index in [9.17, 15) is 4.79 Å². The Kier molecular flexibility index (Phi) is 11.5. The van der Waals surface area contributed by atoms with Gasteiger partial charge in [-0.1, -0.05) is 19.8 Å². The van der Waals surface area contributed by atoms with Crippen LogP contribution >= 0.6 is 12.4 Å². The minimum absolute atomic E-state index is 0. The summed E-state index contributed by atoms with van der Waals surface area (Å²) in [5.41, 5.74) is 5.69. The molecule has 0 heterocycles. The van der Waals surface area contributed by atoms with Crippen LogP contribution in [0.2, 0.25) is 0 Å². The summed E-state index contributed by atoms with van der Waals surface area (Å²) in [5, 5.41) is 0. The van der Waals surface area contributed by atoms with Crippen molar-refractivity contribution in [3.63, 3.8) is 0 Å². The molecule has 0 aromatic carbocycles. The molecule has 0 rings (SSSR count). The van der Waals surface area contributed by atoms with Gasteiger partial charge in [0, 0.05) is 6.04 Å². The highest BCUT2D eigenvalue weighted by Crippen LogP contribution is 2.02. The molecule has 1 atom stereocenters. The van der Waals surface area contributed by atoms with Crippen LogP contribution < -0.4 is 5.73 Å². The van der Waals surface area contributed by atoms with Gasteiger partial charge in [-0.05, 0) is 13.3 Å². The van der Waals surface area contributed by atoms with Crippen molar-refractivity contribution in [1.29, 1.82) is 0 Å². The number of esters is 1. The molecule has 0 bridgehead atoms. The number of hydrogen-bond donors (Lipinski definition) is 1. The third kappa shape index (κ3) is 9.64. The largest absolute Gasteiger partial charge is 0.466 e. The molecular weight excluding hydrogens is 190 g/mol. The zero-order chi connectivity index (χ0) is 9.40. The first-order valence-corrected chi connectivity index (χ1v) is 4.61. The van der Waals surface area contributed by atoms with Gasteiger partial charge in [0.2, 0.25) is 0 Å². The van der Waals surface area contributed by atoms with E-state index in [0.717, 1.165) is 19.3 Å². The van der Waals surface area contributed by atoms with Crippen LogP contribution in [-0.2, 0) is 9.53 Å². The molecule has 0 aromatic rings. The first kappa shape index (κ1) is 15.2. The lowest BCUT2D eigenvalue weighted by Gasteiger charge is -2.09. The molecule has 0 fully saturated rings. The molecule has 13 heavy (non-hydrogen) atoms. The van der Waals surface area contributed by atoms with Crippen LogP contribution in [0.4, 0.5) is 0 Å². The van der Waals surface area contributed by atoms with Crippen molar-refractivity contribution in [3.8, 4) is 0 Å². The van der Waals surface area contributed by atoms with Crippen LogP contribution in [0, 0.1) is 0 Å². The summed E-state index contributed by atoms with van der Waals surface area (Å²) in [6.45, 7) is 4.35. The normalized spacial score (nSPS) is 11.6. The summed E-state index contributed by atoms with van der Waals surface area (Å²) in [6.07, 6.45) is 3.47. The molecule has 0 spiro atoms. The van der Waals surface area contributed by atoms with Gasteiger partial charge in [0.25, 0.3) is 0 Å². The Balaban J connectivity index is 0. The fourth-order valence-electron chi connectivity index (χ4n) is 1.00. The molecule has 0 aromatic heterocycles. The van der Waals surface area contributed by atoms with Crippen molar-refractivity contribution in [3.05, 3.63) is 0 Å². The van der Waals surface area contributed by atoms with Crippen molar-refractivity contribution in [2.45, 2.75) is 45.6 Å². The maximum absolute atomic E-state index is 10.9. The van der Waals surface area contributed by atoms with Crippen LogP contribution in [0.3, 0.4) is 0 Å². The van der Waals surface area contributed by atoms with Crippen LogP contribution in [0.25, 0.3) is 0 Å². The molecule has 0 saturated heterocycles. The number of carbonyl (C=O) groups is 1. The van der Waals surface area contributed by atoms with Gasteiger partial charge in [0.15, 0.2) is 0 Å². The van der Waals surface area contributed by atoms with Crippen LogP contribution in [0.1, 0.15) is 39.5 Å². The topological polar surface area (TPSA) is 52.3 Å². The van der Waals surface area contributed by atoms with Gasteiger partial charge < -0.3 is 10.5 Å². The van der Waals surface area contributed by atoms with Crippen LogP contribution in [0.5, 0.6) is 0 Å². The first-order valence-electron chi connectivity index (χ1n) is 4.61. The van der Waals surface area contributed by atoms with Gasteiger partial charge in [-0.2, -0.15) is 0 Å². The Morgan fingerprint density at radius 1 is 1.46 bits per heavy atom. The van der Waals surface area contributed by atoms with Gasteiger partial charge in [0.1, 0.15) is 0 Å². The molecule has 0 radical (unpaired) electrons. The molecule has 80 valence electrons. The number of hydrogen-bond acceptors (Lipinski definition) is 3. The smallest absolute Gasteiger partial charge is 0.307 e. The Morgan fingerprint density at radius 3 is 2.54 bits per heavy atom. The highest BCUT2D eigenvalue weighted by atomic mass is 35.5. The van der Waals surface area contributed by atoms with E-state index >= 15 is 0 Å². The van der Waals surface area contributed by atoms with Crippen molar-refractivity contribution in [2.75, 3.05) is 6.61 Å². The van der Waals surface area contributed by atoms with Crippen molar-refractivity contribution < 1.29 is 9.53 Å². The first-order chi connectivity index (χ1) is 5.70. The minimum atomic E-state index is -0.180. The quantitative estimate of drug-likeness (QED) is 0.680. The van der Waals surface area contributed by atoms with Crippen molar-refractivity contribution in [2.24, 2.45) is 5.73 Å². The molecule has 4 heteroatoms. The van der Waals surface area contributed by atoms with E-state index in [4.69, 9.17) is 10.5 Å². The third-order valence-corrected chi connectivity index (χ3v) is 1.66. The molecule has 0 aliphatic carbocycles. The van der Waals surface area contributed by atoms with Gasteiger partial charge in [0.05, 0.1) is 13.0 Å². The van der Waals surface area contributed by atoms with Crippen molar-refractivity contribution in [1.82, 2.24) is 0 Å². The Hall–Kier alpha value is -0.280. The van der Waals surface area contributed by atoms with Gasteiger partial charge >= 0.3 is 5.97 Å². The number of unbranched alkanes of at least 4 members (excludes halogenated alkanes) is 1. The van der Waals surface area contributed by atoms with Crippen molar-refractivity contribution >= 4 is 18.4 Å². The van der Waals surface area contributed by atoms with E-state index in [1.54, 1.807) is 6.92 Å². The summed E-state index contributed by atoms with van der Waals surface area (Å²) in [6, 6.07) is -0.0241. The van der Waals surface area contributed by atoms with E-state index in [-0.39, 0.29) is 24.4 Å². The lowest BCUT2D eigenvalue weighted by atomic mass is 10.1. The second kappa shape index (κ2) is 9.81. The summed E-state index contributed by atoms with van der Waals surface area (Å²) >= 11 is 0. The second-order valence-electron chi connectivity index (χ2n) is 2.91. The number of nitrogens with two attached hydrogens (primary N) is 1. The Morgan fingerprint density at radius 2 is 2.08 bits per heavy atom. The highest BCUT2D eigenvalue weighted by Gasteiger charge is 2.08. The lowest BCUT2D eigenvalue weighted by Crippen LogP contribution is -2.24. The predicted molar refractivity (Wildman–Crippen MR) is 56.0 cm³/mol. The number of ether oxygens (including phenoxy) is 1.